The first-order valence-corrected chi connectivity index (χ1v) is 7.99. The lowest BCUT2D eigenvalue weighted by atomic mass is 9.70. The summed E-state index contributed by atoms with van der Waals surface area (Å²) in [5.74, 6) is 2.81. The van der Waals surface area contributed by atoms with Crippen LogP contribution in [0.1, 0.15) is 55.2 Å². The van der Waals surface area contributed by atoms with Crippen LogP contribution in [0.25, 0.3) is 0 Å². The fraction of sp³-hybridized carbons (Fsp3) is 0.667. The van der Waals surface area contributed by atoms with E-state index < -0.39 is 0 Å². The van der Waals surface area contributed by atoms with Gasteiger partial charge in [-0.05, 0) is 62.5 Å². The SMILES string of the molecule is COc1c(C2(N)CCCC(C3CC3)C2)ccc(C)c1C. The molecule has 2 unspecified atom stereocenters. The monoisotopic (exact) mass is 273 g/mol. The standard InChI is InChI=1S/C18H27NO/c1-12-6-9-16(17(20-3)13(12)2)18(19)10-4-5-15(11-18)14-7-8-14/h6,9,14-15H,4-5,7-8,10-11,19H2,1-3H3. The summed E-state index contributed by atoms with van der Waals surface area (Å²) in [5, 5.41) is 0. The lowest BCUT2D eigenvalue weighted by Crippen LogP contribution is -2.42. The molecule has 0 spiro atoms. The maximum atomic E-state index is 6.85. The molecule has 0 heterocycles. The van der Waals surface area contributed by atoms with Gasteiger partial charge in [0.2, 0.25) is 0 Å². The zero-order valence-electron chi connectivity index (χ0n) is 13.0. The number of hydrogen-bond acceptors (Lipinski definition) is 2. The Kier molecular flexibility index (Phi) is 3.53. The molecule has 3 rings (SSSR count). The maximum absolute atomic E-state index is 6.85. The molecule has 2 aliphatic carbocycles. The molecule has 2 saturated carbocycles. The highest BCUT2D eigenvalue weighted by Crippen LogP contribution is 2.50. The van der Waals surface area contributed by atoms with Gasteiger partial charge in [-0.3, -0.25) is 0 Å². The van der Waals surface area contributed by atoms with Crippen LogP contribution in [0, 0.1) is 25.7 Å². The minimum absolute atomic E-state index is 0.185. The van der Waals surface area contributed by atoms with Gasteiger partial charge >= 0.3 is 0 Å². The molecular weight excluding hydrogens is 246 g/mol. The molecule has 2 N–H and O–H groups in total. The molecule has 0 bridgehead atoms. The number of benzene rings is 1. The number of methoxy groups -OCH3 is 1. The minimum atomic E-state index is -0.185. The lowest BCUT2D eigenvalue weighted by Gasteiger charge is -2.39. The highest BCUT2D eigenvalue weighted by Gasteiger charge is 2.42. The van der Waals surface area contributed by atoms with Crippen LogP contribution in [0.15, 0.2) is 12.1 Å². The topological polar surface area (TPSA) is 35.2 Å². The van der Waals surface area contributed by atoms with Crippen molar-refractivity contribution in [1.82, 2.24) is 0 Å². The van der Waals surface area contributed by atoms with Crippen molar-refractivity contribution < 1.29 is 4.74 Å². The summed E-state index contributed by atoms with van der Waals surface area (Å²) in [6.45, 7) is 4.28. The Morgan fingerprint density at radius 1 is 1.15 bits per heavy atom. The molecule has 0 aromatic heterocycles. The minimum Gasteiger partial charge on any atom is -0.496 e. The van der Waals surface area contributed by atoms with Gasteiger partial charge in [0.05, 0.1) is 7.11 Å². The summed E-state index contributed by atoms with van der Waals surface area (Å²) < 4.78 is 5.71. The average Bonchev–Trinajstić information content (AvgIpc) is 3.26. The summed E-state index contributed by atoms with van der Waals surface area (Å²) in [5.41, 5.74) is 10.4. The van der Waals surface area contributed by atoms with Gasteiger partial charge in [0, 0.05) is 11.1 Å². The largest absolute Gasteiger partial charge is 0.496 e. The summed E-state index contributed by atoms with van der Waals surface area (Å²) in [6.07, 6.45) is 7.70. The van der Waals surface area contributed by atoms with Gasteiger partial charge in [-0.25, -0.2) is 0 Å². The molecule has 20 heavy (non-hydrogen) atoms. The molecule has 110 valence electrons. The number of ether oxygens (including phenoxy) is 1. The normalized spacial score (nSPS) is 30.3. The molecule has 0 saturated heterocycles. The first kappa shape index (κ1) is 13.9. The maximum Gasteiger partial charge on any atom is 0.127 e. The quantitative estimate of drug-likeness (QED) is 0.901. The van der Waals surface area contributed by atoms with Crippen molar-refractivity contribution in [3.8, 4) is 5.75 Å². The Balaban J connectivity index is 1.95. The second-order valence-corrected chi connectivity index (χ2v) is 6.94. The number of hydrogen-bond donors (Lipinski definition) is 1. The van der Waals surface area contributed by atoms with Gasteiger partial charge in [-0.1, -0.05) is 25.0 Å². The van der Waals surface area contributed by atoms with Crippen LogP contribution in [0.2, 0.25) is 0 Å². The third kappa shape index (κ3) is 2.35. The van der Waals surface area contributed by atoms with E-state index in [0.29, 0.717) is 0 Å². The van der Waals surface area contributed by atoms with Crippen molar-refractivity contribution in [1.29, 1.82) is 0 Å². The number of nitrogens with two attached hydrogens (primary N) is 1. The zero-order valence-corrected chi connectivity index (χ0v) is 13.0. The summed E-state index contributed by atoms with van der Waals surface area (Å²) in [6, 6.07) is 4.40. The second-order valence-electron chi connectivity index (χ2n) is 6.94. The van der Waals surface area contributed by atoms with E-state index in [2.05, 4.69) is 26.0 Å². The van der Waals surface area contributed by atoms with Crippen LogP contribution in [0.5, 0.6) is 5.75 Å². The van der Waals surface area contributed by atoms with Gasteiger partial charge in [0.1, 0.15) is 5.75 Å². The van der Waals surface area contributed by atoms with Crippen LogP contribution in [0.4, 0.5) is 0 Å². The van der Waals surface area contributed by atoms with Crippen LogP contribution in [-0.2, 0) is 5.54 Å². The molecule has 0 amide bonds. The van der Waals surface area contributed by atoms with Crippen LogP contribution >= 0.6 is 0 Å². The molecule has 0 radical (unpaired) electrons. The molecule has 2 heteroatoms. The fourth-order valence-corrected chi connectivity index (χ4v) is 4.01. The van der Waals surface area contributed by atoms with Crippen LogP contribution < -0.4 is 10.5 Å². The summed E-state index contributed by atoms with van der Waals surface area (Å²) >= 11 is 0. The van der Waals surface area contributed by atoms with E-state index in [-0.39, 0.29) is 5.54 Å². The third-order valence-corrected chi connectivity index (χ3v) is 5.53. The first-order valence-electron chi connectivity index (χ1n) is 7.99. The van der Waals surface area contributed by atoms with Gasteiger partial charge in [-0.15, -0.1) is 0 Å². The van der Waals surface area contributed by atoms with E-state index in [1.165, 1.54) is 42.4 Å². The van der Waals surface area contributed by atoms with E-state index in [1.54, 1.807) is 7.11 Å². The number of rotatable bonds is 3. The lowest BCUT2D eigenvalue weighted by molar-refractivity contribution is 0.202. The molecule has 2 fully saturated rings. The predicted molar refractivity (Wildman–Crippen MR) is 83.0 cm³/mol. The van der Waals surface area contributed by atoms with Crippen molar-refractivity contribution in [3.05, 3.63) is 28.8 Å². The van der Waals surface area contributed by atoms with Gasteiger partial charge in [0.15, 0.2) is 0 Å². The van der Waals surface area contributed by atoms with Crippen molar-refractivity contribution in [2.75, 3.05) is 7.11 Å². The van der Waals surface area contributed by atoms with Crippen molar-refractivity contribution in [2.45, 2.75) is 57.9 Å². The van der Waals surface area contributed by atoms with E-state index in [1.807, 2.05) is 0 Å². The van der Waals surface area contributed by atoms with Crippen LogP contribution in [-0.4, -0.2) is 7.11 Å². The Morgan fingerprint density at radius 2 is 1.90 bits per heavy atom. The smallest absolute Gasteiger partial charge is 0.127 e. The zero-order chi connectivity index (χ0) is 14.3. The highest BCUT2D eigenvalue weighted by atomic mass is 16.5. The molecule has 2 atom stereocenters. The Morgan fingerprint density at radius 3 is 2.55 bits per heavy atom. The van der Waals surface area contributed by atoms with Crippen LogP contribution in [0.3, 0.4) is 0 Å². The molecule has 0 aliphatic heterocycles. The first-order chi connectivity index (χ1) is 9.55. The average molecular weight is 273 g/mol. The van der Waals surface area contributed by atoms with Gasteiger partial charge in [0.25, 0.3) is 0 Å². The van der Waals surface area contributed by atoms with E-state index in [9.17, 15) is 0 Å². The fourth-order valence-electron chi connectivity index (χ4n) is 4.01. The summed E-state index contributed by atoms with van der Waals surface area (Å²) in [7, 11) is 1.77. The molecule has 1 aromatic rings. The Hall–Kier alpha value is -1.02. The van der Waals surface area contributed by atoms with Crippen molar-refractivity contribution in [2.24, 2.45) is 17.6 Å². The van der Waals surface area contributed by atoms with E-state index >= 15 is 0 Å². The highest BCUT2D eigenvalue weighted by molar-refractivity contribution is 5.48. The van der Waals surface area contributed by atoms with Crippen molar-refractivity contribution >= 4 is 0 Å². The predicted octanol–water partition coefficient (Wildman–Crippen LogP) is 4.07. The summed E-state index contributed by atoms with van der Waals surface area (Å²) in [4.78, 5) is 0. The Labute approximate surface area is 122 Å². The van der Waals surface area contributed by atoms with Gasteiger partial charge in [-0.2, -0.15) is 0 Å². The van der Waals surface area contributed by atoms with E-state index in [4.69, 9.17) is 10.5 Å². The van der Waals surface area contributed by atoms with Gasteiger partial charge < -0.3 is 10.5 Å². The third-order valence-electron chi connectivity index (χ3n) is 5.53. The molecule has 2 aliphatic rings. The van der Waals surface area contributed by atoms with E-state index in [0.717, 1.165) is 30.4 Å². The molecular formula is C18H27NO. The van der Waals surface area contributed by atoms with Crippen molar-refractivity contribution in [3.63, 3.8) is 0 Å². The molecule has 2 nitrogen and oxygen atoms in total. The second kappa shape index (κ2) is 5.07. The number of aryl methyl sites for hydroxylation is 1. The Bertz CT molecular complexity index is 506. The molecule has 1 aromatic carbocycles.